The van der Waals surface area contributed by atoms with E-state index >= 15 is 0 Å². The normalized spacial score (nSPS) is 14.9. The average molecular weight is 398 g/mol. The number of hydrogen-bond acceptors (Lipinski definition) is 1. The second-order valence-corrected chi connectivity index (χ2v) is 7.51. The third kappa shape index (κ3) is 4.08. The van der Waals surface area contributed by atoms with Gasteiger partial charge in [0, 0.05) is 0 Å². The van der Waals surface area contributed by atoms with E-state index in [4.69, 9.17) is 2.81 Å². The van der Waals surface area contributed by atoms with Crippen molar-refractivity contribution in [3.8, 4) is 0 Å². The van der Waals surface area contributed by atoms with E-state index in [0.717, 1.165) is 12.8 Å². The van der Waals surface area contributed by atoms with Crippen molar-refractivity contribution in [2.75, 3.05) is 7.11 Å². The minimum atomic E-state index is -0.918. The third-order valence-corrected chi connectivity index (χ3v) is 5.55. The Hall–Kier alpha value is -0.397. The molecular formula is C17H16Cl2OZr. The molecule has 0 saturated heterocycles. The molecule has 0 unspecified atom stereocenters. The van der Waals surface area contributed by atoms with Crippen LogP contribution in [-0.2, 0) is 26.5 Å². The van der Waals surface area contributed by atoms with Crippen LogP contribution in [-0.4, -0.2) is 7.11 Å². The van der Waals surface area contributed by atoms with Crippen LogP contribution in [0, 0.1) is 0 Å². The smallest absolute Gasteiger partial charge is 1.00 e. The Balaban J connectivity index is 0.00000110. The molecule has 0 amide bonds. The van der Waals surface area contributed by atoms with Crippen molar-refractivity contribution in [3.05, 3.63) is 65.8 Å². The quantitative estimate of drug-likeness (QED) is 0.552. The van der Waals surface area contributed by atoms with Crippen molar-refractivity contribution in [3.63, 3.8) is 0 Å². The molecule has 0 spiro atoms. The van der Waals surface area contributed by atoms with Gasteiger partial charge >= 0.3 is 127 Å². The van der Waals surface area contributed by atoms with Gasteiger partial charge in [0.2, 0.25) is 0 Å². The van der Waals surface area contributed by atoms with E-state index in [1.165, 1.54) is 25.5 Å². The van der Waals surface area contributed by atoms with E-state index in [9.17, 15) is 0 Å². The first-order valence-electron chi connectivity index (χ1n) is 6.54. The maximum atomic E-state index is 5.53. The minimum absolute atomic E-state index is 0. The summed E-state index contributed by atoms with van der Waals surface area (Å²) in [4.78, 5) is 0. The van der Waals surface area contributed by atoms with Crippen LogP contribution in [0.15, 0.2) is 54.7 Å². The average Bonchev–Trinajstić information content (AvgIpc) is 3.12. The molecule has 3 rings (SSSR count). The number of allylic oxidation sites excluding steroid dienone is 8. The van der Waals surface area contributed by atoms with Gasteiger partial charge in [-0.25, -0.2) is 0 Å². The number of halogens is 2. The zero-order valence-corrected chi connectivity index (χ0v) is 15.7. The maximum Gasteiger partial charge on any atom is -1.00 e. The molecule has 0 bridgehead atoms. The molecule has 0 radical (unpaired) electrons. The summed E-state index contributed by atoms with van der Waals surface area (Å²) in [6.45, 7) is 0. The van der Waals surface area contributed by atoms with Crippen molar-refractivity contribution < 1.29 is 51.3 Å². The minimum Gasteiger partial charge on any atom is -1.00 e. The molecule has 0 fully saturated rings. The largest absolute Gasteiger partial charge is 1.00 e. The number of rotatable bonds is 4. The van der Waals surface area contributed by atoms with E-state index in [1.807, 2.05) is 7.11 Å². The molecule has 0 N–H and O–H groups in total. The van der Waals surface area contributed by atoms with Gasteiger partial charge in [-0.2, -0.15) is 0 Å². The summed E-state index contributed by atoms with van der Waals surface area (Å²) in [6, 6.07) is 6.68. The second kappa shape index (κ2) is 8.90. The van der Waals surface area contributed by atoms with E-state index in [-0.39, 0.29) is 24.8 Å². The SMILES string of the molecule is C[O][Zr+2][c]1cccc(C2=CC=CC2)c1C1=CC=CC1.[Cl-].[Cl-]. The predicted molar refractivity (Wildman–Crippen MR) is 76.6 cm³/mol. The molecule has 2 aliphatic rings. The van der Waals surface area contributed by atoms with Crippen molar-refractivity contribution in [2.45, 2.75) is 12.8 Å². The van der Waals surface area contributed by atoms with Gasteiger partial charge in [0.1, 0.15) is 0 Å². The van der Waals surface area contributed by atoms with Gasteiger partial charge in [0.15, 0.2) is 0 Å². The van der Waals surface area contributed by atoms with Crippen LogP contribution in [0.3, 0.4) is 0 Å². The summed E-state index contributed by atoms with van der Waals surface area (Å²) >= 11 is -0.918. The molecule has 0 aliphatic heterocycles. The van der Waals surface area contributed by atoms with Crippen LogP contribution in [0.5, 0.6) is 0 Å². The van der Waals surface area contributed by atoms with Gasteiger partial charge in [-0.15, -0.1) is 0 Å². The zero-order valence-electron chi connectivity index (χ0n) is 11.8. The van der Waals surface area contributed by atoms with Crippen LogP contribution >= 0.6 is 0 Å². The Morgan fingerprint density at radius 2 is 1.62 bits per heavy atom. The summed E-state index contributed by atoms with van der Waals surface area (Å²) in [5.74, 6) is 0. The Bertz CT molecular complexity index is 615. The summed E-state index contributed by atoms with van der Waals surface area (Å²) in [5, 5.41) is 0. The van der Waals surface area contributed by atoms with Crippen molar-refractivity contribution in [1.29, 1.82) is 0 Å². The van der Waals surface area contributed by atoms with Crippen molar-refractivity contribution in [2.24, 2.45) is 0 Å². The molecule has 1 aromatic rings. The number of hydrogen-bond donors (Lipinski definition) is 0. The van der Waals surface area contributed by atoms with Gasteiger partial charge < -0.3 is 24.8 Å². The molecule has 2 aliphatic carbocycles. The van der Waals surface area contributed by atoms with Gasteiger partial charge in [0.05, 0.1) is 0 Å². The molecule has 0 heterocycles. The third-order valence-electron chi connectivity index (χ3n) is 3.49. The molecule has 1 nitrogen and oxygen atoms in total. The van der Waals surface area contributed by atoms with Crippen LogP contribution in [0.4, 0.5) is 0 Å². The topological polar surface area (TPSA) is 9.23 Å². The van der Waals surface area contributed by atoms with Crippen LogP contribution in [0.1, 0.15) is 24.0 Å². The predicted octanol–water partition coefficient (Wildman–Crippen LogP) is -2.35. The summed E-state index contributed by atoms with van der Waals surface area (Å²) < 4.78 is 6.98. The molecule has 1 aromatic carbocycles. The molecule has 21 heavy (non-hydrogen) atoms. The summed E-state index contributed by atoms with van der Waals surface area (Å²) in [6.07, 6.45) is 15.4. The first kappa shape index (κ1) is 18.7. The molecule has 0 atom stereocenters. The van der Waals surface area contributed by atoms with Crippen molar-refractivity contribution >= 4 is 14.4 Å². The van der Waals surface area contributed by atoms with Gasteiger partial charge in [-0.3, -0.25) is 0 Å². The van der Waals surface area contributed by atoms with Gasteiger partial charge in [-0.1, -0.05) is 0 Å². The Labute approximate surface area is 150 Å². The van der Waals surface area contributed by atoms with E-state index in [2.05, 4.69) is 54.7 Å². The molecule has 0 aromatic heterocycles. The fourth-order valence-electron chi connectivity index (χ4n) is 2.64. The monoisotopic (exact) mass is 396 g/mol. The fourth-order valence-corrected chi connectivity index (χ4v) is 4.56. The summed E-state index contributed by atoms with van der Waals surface area (Å²) in [7, 11) is 1.83. The van der Waals surface area contributed by atoms with Gasteiger partial charge in [-0.05, 0) is 0 Å². The molecule has 108 valence electrons. The van der Waals surface area contributed by atoms with E-state index in [0.29, 0.717) is 0 Å². The molecule has 4 heteroatoms. The molecular weight excluding hydrogens is 382 g/mol. The number of benzene rings is 1. The van der Waals surface area contributed by atoms with Crippen molar-refractivity contribution in [1.82, 2.24) is 0 Å². The van der Waals surface area contributed by atoms with E-state index in [1.54, 1.807) is 0 Å². The summed E-state index contributed by atoms with van der Waals surface area (Å²) in [5.41, 5.74) is 5.71. The fraction of sp³-hybridized carbons (Fsp3) is 0.176. The van der Waals surface area contributed by atoms with Crippen LogP contribution in [0.25, 0.3) is 11.1 Å². The Kier molecular flexibility index (Phi) is 7.91. The first-order chi connectivity index (χ1) is 9.40. The molecule has 0 saturated carbocycles. The zero-order chi connectivity index (χ0) is 13.1. The standard InChI is InChI=1S/C16H13.CH3O.2ClH.Zr/c1-2-8-13(7-1)15-11-5-6-12-16(15)14-9-3-4-10-14;1-2;;;/h1-7,9,11H,8,10H2;1H3;2*1H;/q;-1;;;+3/p-2. The Morgan fingerprint density at radius 3 is 2.19 bits per heavy atom. The second-order valence-electron chi connectivity index (χ2n) is 4.68. The maximum absolute atomic E-state index is 5.53. The Morgan fingerprint density at radius 1 is 0.952 bits per heavy atom. The van der Waals surface area contributed by atoms with Crippen LogP contribution < -0.4 is 28.1 Å². The van der Waals surface area contributed by atoms with E-state index < -0.39 is 23.7 Å². The van der Waals surface area contributed by atoms with Gasteiger partial charge in [0.25, 0.3) is 0 Å². The first-order valence-corrected chi connectivity index (χ1v) is 8.77. The van der Waals surface area contributed by atoms with Crippen LogP contribution in [0.2, 0.25) is 0 Å².